The number of carbonyl (C=O) groups is 1. The van der Waals surface area contributed by atoms with Gasteiger partial charge in [0.15, 0.2) is 0 Å². The number of thiazole rings is 1. The zero-order valence-electron chi connectivity index (χ0n) is 11.3. The maximum absolute atomic E-state index is 11.9. The van der Waals surface area contributed by atoms with E-state index in [0.717, 1.165) is 30.8 Å². The predicted octanol–water partition coefficient (Wildman–Crippen LogP) is 2.23. The highest BCUT2D eigenvalue weighted by atomic mass is 35.5. The molecular formula is C13H21Cl2N3OS. The summed E-state index contributed by atoms with van der Waals surface area (Å²) in [5, 5.41) is 7.27. The van der Waals surface area contributed by atoms with Crippen LogP contribution in [0.3, 0.4) is 0 Å². The molecule has 2 heterocycles. The number of nitrogens with zero attached hydrogens (tertiary/aromatic N) is 1. The molecule has 0 aromatic carbocycles. The molecule has 4 nitrogen and oxygen atoms in total. The third-order valence-electron chi connectivity index (χ3n) is 3.68. The third kappa shape index (κ3) is 4.07. The highest BCUT2D eigenvalue weighted by Gasteiger charge is 2.22. The molecule has 2 aliphatic rings. The van der Waals surface area contributed by atoms with Crippen LogP contribution in [-0.2, 0) is 24.2 Å². The summed E-state index contributed by atoms with van der Waals surface area (Å²) in [5.74, 6) is 0.126. The number of aryl methyl sites for hydroxylation is 2. The Hall–Kier alpha value is -0.360. The fourth-order valence-electron chi connectivity index (χ4n) is 2.68. The Kier molecular flexibility index (Phi) is 7.23. The average molecular weight is 338 g/mol. The van der Waals surface area contributed by atoms with E-state index in [1.165, 1.54) is 29.8 Å². The van der Waals surface area contributed by atoms with E-state index < -0.39 is 0 Å². The van der Waals surface area contributed by atoms with Crippen LogP contribution in [0, 0.1) is 0 Å². The molecule has 0 bridgehead atoms. The molecule has 1 aliphatic carbocycles. The molecule has 1 aliphatic heterocycles. The molecule has 1 atom stereocenters. The largest absolute Gasteiger partial charge is 0.348 e. The number of halogens is 2. The second kappa shape index (κ2) is 8.17. The average Bonchev–Trinajstić information content (AvgIpc) is 3.04. The monoisotopic (exact) mass is 337 g/mol. The minimum Gasteiger partial charge on any atom is -0.348 e. The number of nitrogens with one attached hydrogen (secondary N) is 2. The lowest BCUT2D eigenvalue weighted by atomic mass is 10.0. The highest BCUT2D eigenvalue weighted by molar-refractivity contribution is 7.11. The number of aromatic nitrogens is 1. The van der Waals surface area contributed by atoms with Crippen LogP contribution in [-0.4, -0.2) is 23.5 Å². The molecule has 0 radical (unpaired) electrons. The Labute approximate surface area is 135 Å². The van der Waals surface area contributed by atoms with Crippen LogP contribution in [0.1, 0.15) is 41.3 Å². The van der Waals surface area contributed by atoms with Gasteiger partial charge in [0.1, 0.15) is 5.01 Å². The summed E-state index contributed by atoms with van der Waals surface area (Å²) < 4.78 is 0. The Bertz CT molecular complexity index is 423. The summed E-state index contributed by atoms with van der Waals surface area (Å²) in [7, 11) is 0. The molecule has 1 saturated heterocycles. The summed E-state index contributed by atoms with van der Waals surface area (Å²) in [5.41, 5.74) is 1.27. The van der Waals surface area contributed by atoms with Crippen LogP contribution in [0.5, 0.6) is 0 Å². The molecule has 1 aromatic heterocycles. The molecule has 2 N–H and O–H groups in total. The molecule has 1 aromatic rings. The van der Waals surface area contributed by atoms with Crippen molar-refractivity contribution in [1.82, 2.24) is 15.6 Å². The van der Waals surface area contributed by atoms with E-state index in [1.807, 2.05) is 0 Å². The molecule has 1 unspecified atom stereocenters. The molecule has 1 fully saturated rings. The van der Waals surface area contributed by atoms with E-state index in [0.29, 0.717) is 6.54 Å². The molecular weight excluding hydrogens is 317 g/mol. The van der Waals surface area contributed by atoms with Gasteiger partial charge in [-0.25, -0.2) is 4.98 Å². The van der Waals surface area contributed by atoms with Gasteiger partial charge in [-0.3, -0.25) is 4.79 Å². The zero-order valence-corrected chi connectivity index (χ0v) is 13.8. The number of fused-ring (bicyclic) bond motifs is 1. The topological polar surface area (TPSA) is 54.0 Å². The first-order chi connectivity index (χ1) is 8.83. The van der Waals surface area contributed by atoms with E-state index >= 15 is 0 Å². The van der Waals surface area contributed by atoms with Gasteiger partial charge in [-0.05, 0) is 45.1 Å². The maximum Gasteiger partial charge on any atom is 0.237 e. The smallest absolute Gasteiger partial charge is 0.237 e. The maximum atomic E-state index is 11.9. The normalized spacial score (nSPS) is 20.5. The lowest BCUT2D eigenvalue weighted by molar-refractivity contribution is -0.122. The van der Waals surface area contributed by atoms with Crippen molar-refractivity contribution in [3.63, 3.8) is 0 Å². The number of carbonyl (C=O) groups excluding carboxylic acids is 1. The van der Waals surface area contributed by atoms with Crippen LogP contribution in [0.2, 0.25) is 0 Å². The lowest BCUT2D eigenvalue weighted by Gasteiger charge is -2.09. The zero-order chi connectivity index (χ0) is 12.4. The van der Waals surface area contributed by atoms with Crippen molar-refractivity contribution < 1.29 is 4.79 Å². The predicted molar refractivity (Wildman–Crippen MR) is 86.1 cm³/mol. The summed E-state index contributed by atoms with van der Waals surface area (Å²) in [6.07, 6.45) is 6.89. The first-order valence-corrected chi connectivity index (χ1v) is 7.63. The summed E-state index contributed by atoms with van der Waals surface area (Å²) in [6.45, 7) is 1.55. The Balaban J connectivity index is 0.000001000. The van der Waals surface area contributed by atoms with E-state index in [9.17, 15) is 4.79 Å². The van der Waals surface area contributed by atoms with Gasteiger partial charge in [0.2, 0.25) is 5.91 Å². The fraction of sp³-hybridized carbons (Fsp3) is 0.692. The van der Waals surface area contributed by atoms with Gasteiger partial charge >= 0.3 is 0 Å². The van der Waals surface area contributed by atoms with Crippen molar-refractivity contribution in [2.75, 3.05) is 6.54 Å². The van der Waals surface area contributed by atoms with Crippen LogP contribution in [0.25, 0.3) is 0 Å². The van der Waals surface area contributed by atoms with Crippen molar-refractivity contribution >= 4 is 42.1 Å². The van der Waals surface area contributed by atoms with Crippen molar-refractivity contribution in [1.29, 1.82) is 0 Å². The van der Waals surface area contributed by atoms with E-state index in [-0.39, 0.29) is 36.8 Å². The first-order valence-electron chi connectivity index (χ1n) is 6.81. The standard InChI is InChI=1S/C13H19N3OS.2ClH/c17-13(10-5-3-7-14-10)15-8-12-16-9-4-1-2-6-11(9)18-12;;/h10,14H,1-8H2,(H,15,17);2*1H. The van der Waals surface area contributed by atoms with Crippen LogP contribution in [0.15, 0.2) is 0 Å². The molecule has 0 saturated carbocycles. The first kappa shape index (κ1) is 17.7. The van der Waals surface area contributed by atoms with Gasteiger partial charge in [-0.2, -0.15) is 0 Å². The van der Waals surface area contributed by atoms with Gasteiger partial charge in [0, 0.05) is 4.88 Å². The van der Waals surface area contributed by atoms with E-state index in [1.54, 1.807) is 11.3 Å². The third-order valence-corrected chi connectivity index (χ3v) is 4.84. The number of hydrogen-bond donors (Lipinski definition) is 2. The SMILES string of the molecule is Cl.Cl.O=C(NCc1nc2c(s1)CCCC2)C1CCCN1. The van der Waals surface area contributed by atoms with Crippen molar-refractivity contribution in [3.05, 3.63) is 15.6 Å². The minimum absolute atomic E-state index is 0. The number of hydrogen-bond acceptors (Lipinski definition) is 4. The summed E-state index contributed by atoms with van der Waals surface area (Å²) in [4.78, 5) is 17.9. The van der Waals surface area contributed by atoms with E-state index in [2.05, 4.69) is 15.6 Å². The van der Waals surface area contributed by atoms with Crippen LogP contribution in [0.4, 0.5) is 0 Å². The number of rotatable bonds is 3. The Morgan fingerprint density at radius 2 is 2.10 bits per heavy atom. The van der Waals surface area contributed by atoms with Gasteiger partial charge < -0.3 is 10.6 Å². The fourth-order valence-corrected chi connectivity index (χ4v) is 3.77. The van der Waals surface area contributed by atoms with Gasteiger partial charge in [0.05, 0.1) is 18.3 Å². The van der Waals surface area contributed by atoms with Gasteiger partial charge in [-0.1, -0.05) is 0 Å². The quantitative estimate of drug-likeness (QED) is 0.889. The summed E-state index contributed by atoms with van der Waals surface area (Å²) >= 11 is 1.77. The highest BCUT2D eigenvalue weighted by Crippen LogP contribution is 2.26. The molecule has 20 heavy (non-hydrogen) atoms. The van der Waals surface area contributed by atoms with Crippen LogP contribution >= 0.6 is 36.2 Å². The van der Waals surface area contributed by atoms with Gasteiger partial charge in [0.25, 0.3) is 0 Å². The molecule has 3 rings (SSSR count). The van der Waals surface area contributed by atoms with Crippen LogP contribution < -0.4 is 10.6 Å². The Morgan fingerprint density at radius 1 is 1.30 bits per heavy atom. The Morgan fingerprint density at radius 3 is 2.80 bits per heavy atom. The van der Waals surface area contributed by atoms with Gasteiger partial charge in [-0.15, -0.1) is 36.2 Å². The second-order valence-corrected chi connectivity index (χ2v) is 6.22. The van der Waals surface area contributed by atoms with Crippen molar-refractivity contribution in [3.8, 4) is 0 Å². The molecule has 7 heteroatoms. The second-order valence-electron chi connectivity index (χ2n) is 5.05. The summed E-state index contributed by atoms with van der Waals surface area (Å²) in [6, 6.07) is 0.0135. The molecule has 114 valence electrons. The molecule has 1 amide bonds. The molecule has 0 spiro atoms. The number of amides is 1. The van der Waals surface area contributed by atoms with E-state index in [4.69, 9.17) is 0 Å². The minimum atomic E-state index is 0. The van der Waals surface area contributed by atoms with Crippen molar-refractivity contribution in [2.24, 2.45) is 0 Å². The van der Waals surface area contributed by atoms with Crippen molar-refractivity contribution in [2.45, 2.75) is 51.1 Å². The lowest BCUT2D eigenvalue weighted by Crippen LogP contribution is -2.39.